The lowest BCUT2D eigenvalue weighted by molar-refractivity contribution is 0.597. The lowest BCUT2D eigenvalue weighted by Crippen LogP contribution is -2.14. The van der Waals surface area contributed by atoms with Crippen LogP contribution in [0.1, 0.15) is 5.56 Å². The topological polar surface area (TPSA) is 59.1 Å². The summed E-state index contributed by atoms with van der Waals surface area (Å²) in [6.07, 6.45) is 2.26. The first-order chi connectivity index (χ1) is 8.90. The lowest BCUT2D eigenvalue weighted by atomic mass is 10.2. The number of sulfonamides is 1. The molecule has 100 valence electrons. The van der Waals surface area contributed by atoms with Gasteiger partial charge in [-0.3, -0.25) is 9.71 Å². The van der Waals surface area contributed by atoms with Crippen molar-refractivity contribution in [3.05, 3.63) is 52.5 Å². The second-order valence-electron chi connectivity index (χ2n) is 3.89. The molecule has 1 aromatic carbocycles. The van der Waals surface area contributed by atoms with Gasteiger partial charge in [0, 0.05) is 10.7 Å². The monoisotopic (exact) mass is 344 g/mol. The van der Waals surface area contributed by atoms with Crippen molar-refractivity contribution < 1.29 is 12.8 Å². The van der Waals surface area contributed by atoms with E-state index in [1.807, 2.05) is 6.92 Å². The van der Waals surface area contributed by atoms with E-state index in [1.165, 1.54) is 18.3 Å². The highest BCUT2D eigenvalue weighted by Crippen LogP contribution is 2.25. The third-order valence-electron chi connectivity index (χ3n) is 2.39. The molecule has 4 nitrogen and oxygen atoms in total. The Labute approximate surface area is 118 Å². The van der Waals surface area contributed by atoms with Gasteiger partial charge in [0.2, 0.25) is 0 Å². The van der Waals surface area contributed by atoms with Crippen molar-refractivity contribution in [2.75, 3.05) is 4.72 Å². The molecular weight excluding hydrogens is 335 g/mol. The van der Waals surface area contributed by atoms with E-state index in [4.69, 9.17) is 0 Å². The summed E-state index contributed by atoms with van der Waals surface area (Å²) in [6.45, 7) is 1.84. The van der Waals surface area contributed by atoms with Crippen LogP contribution in [0.15, 0.2) is 46.0 Å². The number of anilines is 1. The molecule has 0 aliphatic rings. The molecule has 0 spiro atoms. The maximum atomic E-state index is 13.4. The van der Waals surface area contributed by atoms with E-state index in [0.29, 0.717) is 4.47 Å². The van der Waals surface area contributed by atoms with E-state index in [0.717, 1.165) is 11.8 Å². The first-order valence-corrected chi connectivity index (χ1v) is 7.56. The summed E-state index contributed by atoms with van der Waals surface area (Å²) in [5.41, 5.74) is 0.781. The number of aromatic nitrogens is 1. The molecule has 1 heterocycles. The molecule has 19 heavy (non-hydrogen) atoms. The van der Waals surface area contributed by atoms with Crippen molar-refractivity contribution in [1.29, 1.82) is 0 Å². The fraction of sp³-hybridized carbons (Fsp3) is 0.0833. The molecule has 0 saturated heterocycles. The second-order valence-corrected chi connectivity index (χ2v) is 6.40. The average molecular weight is 345 g/mol. The van der Waals surface area contributed by atoms with E-state index in [2.05, 4.69) is 25.6 Å². The fourth-order valence-corrected chi connectivity index (χ4v) is 3.74. The summed E-state index contributed by atoms with van der Waals surface area (Å²) in [5, 5.41) is 0. The minimum Gasteiger partial charge on any atom is -0.277 e. The van der Waals surface area contributed by atoms with Gasteiger partial charge in [0.05, 0.1) is 11.9 Å². The minimum absolute atomic E-state index is 0.0503. The van der Waals surface area contributed by atoms with Crippen LogP contribution in [0.2, 0.25) is 0 Å². The van der Waals surface area contributed by atoms with Crippen LogP contribution in [0.3, 0.4) is 0 Å². The molecule has 0 fully saturated rings. The molecule has 0 unspecified atom stereocenters. The Morgan fingerprint density at radius 3 is 2.68 bits per heavy atom. The van der Waals surface area contributed by atoms with E-state index >= 15 is 0 Å². The van der Waals surface area contributed by atoms with Crippen molar-refractivity contribution in [1.82, 2.24) is 4.98 Å². The van der Waals surface area contributed by atoms with Crippen LogP contribution in [0, 0.1) is 12.7 Å². The first kappa shape index (κ1) is 14.0. The van der Waals surface area contributed by atoms with Crippen molar-refractivity contribution in [3.63, 3.8) is 0 Å². The van der Waals surface area contributed by atoms with Crippen molar-refractivity contribution in [3.8, 4) is 0 Å². The third kappa shape index (κ3) is 3.10. The van der Waals surface area contributed by atoms with Crippen LogP contribution >= 0.6 is 15.9 Å². The summed E-state index contributed by atoms with van der Waals surface area (Å²) in [7, 11) is -3.85. The quantitative estimate of drug-likeness (QED) is 0.930. The summed E-state index contributed by atoms with van der Waals surface area (Å²) in [4.78, 5) is 3.61. The standard InChI is InChI=1S/C12H10BrFN2O2S/c1-8-2-3-12(9(13)6-8)19(17,18)16-11-4-5-15-7-10(11)14/h2-7H,1H3,(H,15,16). The summed E-state index contributed by atoms with van der Waals surface area (Å²) >= 11 is 3.19. The summed E-state index contributed by atoms with van der Waals surface area (Å²) in [5.74, 6) is -0.727. The Hall–Kier alpha value is -1.47. The minimum atomic E-state index is -3.85. The Morgan fingerprint density at radius 2 is 2.05 bits per heavy atom. The van der Waals surface area contributed by atoms with Crippen LogP contribution in [0.5, 0.6) is 0 Å². The van der Waals surface area contributed by atoms with Crippen LogP contribution in [0.25, 0.3) is 0 Å². The van der Waals surface area contributed by atoms with Gasteiger partial charge < -0.3 is 0 Å². The number of hydrogen-bond donors (Lipinski definition) is 1. The molecule has 7 heteroatoms. The van der Waals surface area contributed by atoms with Gasteiger partial charge in [-0.05, 0) is 46.6 Å². The zero-order valence-electron chi connectivity index (χ0n) is 9.89. The second kappa shape index (κ2) is 5.26. The SMILES string of the molecule is Cc1ccc(S(=O)(=O)Nc2ccncc2F)c(Br)c1. The van der Waals surface area contributed by atoms with Gasteiger partial charge in [0.15, 0.2) is 5.82 Å². The van der Waals surface area contributed by atoms with Gasteiger partial charge >= 0.3 is 0 Å². The van der Waals surface area contributed by atoms with Gasteiger partial charge in [0.25, 0.3) is 10.0 Å². The molecule has 0 atom stereocenters. The number of aryl methyl sites for hydroxylation is 1. The van der Waals surface area contributed by atoms with Gasteiger partial charge in [-0.25, -0.2) is 12.8 Å². The molecule has 1 aromatic heterocycles. The van der Waals surface area contributed by atoms with E-state index in [9.17, 15) is 12.8 Å². The maximum absolute atomic E-state index is 13.4. The average Bonchev–Trinajstić information content (AvgIpc) is 2.31. The number of halogens is 2. The number of rotatable bonds is 3. The molecule has 0 aliphatic heterocycles. The normalized spacial score (nSPS) is 11.3. The highest BCUT2D eigenvalue weighted by molar-refractivity contribution is 9.10. The van der Waals surface area contributed by atoms with Crippen molar-refractivity contribution >= 4 is 31.6 Å². The van der Waals surface area contributed by atoms with Crippen LogP contribution in [-0.4, -0.2) is 13.4 Å². The molecule has 0 saturated carbocycles. The predicted molar refractivity (Wildman–Crippen MR) is 73.9 cm³/mol. The van der Waals surface area contributed by atoms with Gasteiger partial charge in [0.1, 0.15) is 4.90 Å². The third-order valence-corrected chi connectivity index (χ3v) is 4.74. The van der Waals surface area contributed by atoms with Gasteiger partial charge in [-0.1, -0.05) is 6.07 Å². The Balaban J connectivity index is 2.41. The van der Waals surface area contributed by atoms with E-state index in [-0.39, 0.29) is 10.6 Å². The zero-order chi connectivity index (χ0) is 14.0. The zero-order valence-corrected chi connectivity index (χ0v) is 12.3. The largest absolute Gasteiger partial charge is 0.277 e. The van der Waals surface area contributed by atoms with Crippen molar-refractivity contribution in [2.45, 2.75) is 11.8 Å². The molecule has 2 rings (SSSR count). The maximum Gasteiger partial charge on any atom is 0.263 e. The molecule has 0 bridgehead atoms. The predicted octanol–water partition coefficient (Wildman–Crippen LogP) is 3.09. The molecule has 0 amide bonds. The number of nitrogens with one attached hydrogen (secondary N) is 1. The Bertz CT molecular complexity index is 719. The molecule has 0 radical (unpaired) electrons. The smallest absolute Gasteiger partial charge is 0.263 e. The number of pyridine rings is 1. The van der Waals surface area contributed by atoms with Crippen LogP contribution in [-0.2, 0) is 10.0 Å². The molecule has 2 aromatic rings. The van der Waals surface area contributed by atoms with E-state index in [1.54, 1.807) is 12.1 Å². The number of benzene rings is 1. The van der Waals surface area contributed by atoms with Crippen molar-refractivity contribution in [2.24, 2.45) is 0 Å². The Morgan fingerprint density at radius 1 is 1.32 bits per heavy atom. The van der Waals surface area contributed by atoms with Gasteiger partial charge in [-0.15, -0.1) is 0 Å². The van der Waals surface area contributed by atoms with E-state index < -0.39 is 15.8 Å². The van der Waals surface area contributed by atoms with Crippen LogP contribution < -0.4 is 4.72 Å². The Kier molecular flexibility index (Phi) is 3.86. The summed E-state index contributed by atoms with van der Waals surface area (Å²) < 4.78 is 40.3. The first-order valence-electron chi connectivity index (χ1n) is 5.28. The molecule has 1 N–H and O–H groups in total. The number of hydrogen-bond acceptors (Lipinski definition) is 3. The highest BCUT2D eigenvalue weighted by Gasteiger charge is 2.19. The van der Waals surface area contributed by atoms with Crippen LogP contribution in [0.4, 0.5) is 10.1 Å². The molecular formula is C12H10BrFN2O2S. The number of nitrogens with zero attached hydrogens (tertiary/aromatic N) is 1. The lowest BCUT2D eigenvalue weighted by Gasteiger charge is -2.10. The fourth-order valence-electron chi connectivity index (χ4n) is 1.48. The highest BCUT2D eigenvalue weighted by atomic mass is 79.9. The molecule has 0 aliphatic carbocycles. The summed E-state index contributed by atoms with van der Waals surface area (Å²) in [6, 6.07) is 6.07. The van der Waals surface area contributed by atoms with Gasteiger partial charge in [-0.2, -0.15) is 0 Å².